The van der Waals surface area contributed by atoms with Crippen LogP contribution in [-0.4, -0.2) is 5.11 Å². The van der Waals surface area contributed by atoms with Crippen LogP contribution in [0.25, 0.3) is 0 Å². The van der Waals surface area contributed by atoms with Crippen molar-refractivity contribution in [2.45, 2.75) is 19.9 Å². The van der Waals surface area contributed by atoms with E-state index in [2.05, 4.69) is 39.6 Å². The summed E-state index contributed by atoms with van der Waals surface area (Å²) in [5.41, 5.74) is 1.91. The highest BCUT2D eigenvalue weighted by Gasteiger charge is 2.08. The van der Waals surface area contributed by atoms with Crippen LogP contribution < -0.4 is 5.32 Å². The van der Waals surface area contributed by atoms with E-state index in [1.54, 1.807) is 17.4 Å². The maximum absolute atomic E-state index is 9.47. The van der Waals surface area contributed by atoms with E-state index in [-0.39, 0.29) is 6.04 Å². The van der Waals surface area contributed by atoms with Gasteiger partial charge in [-0.3, -0.25) is 0 Å². The van der Waals surface area contributed by atoms with Gasteiger partial charge >= 0.3 is 0 Å². The molecule has 1 unspecified atom stereocenters. The molecule has 2 rings (SSSR count). The Hall–Kier alpha value is -1.00. The molecule has 2 N–H and O–H groups in total. The molecule has 17 heavy (non-hydrogen) atoms. The van der Waals surface area contributed by atoms with Crippen LogP contribution in [0, 0.1) is 6.92 Å². The first-order valence-corrected chi connectivity index (χ1v) is 7.03. The predicted octanol–water partition coefficient (Wildman–Crippen LogP) is 4.70. The van der Waals surface area contributed by atoms with Crippen LogP contribution in [0.4, 0.5) is 5.69 Å². The predicted molar refractivity (Wildman–Crippen MR) is 76.9 cm³/mol. The van der Waals surface area contributed by atoms with Gasteiger partial charge in [0.2, 0.25) is 0 Å². The molecule has 0 amide bonds. The molecule has 1 heterocycles. The minimum Gasteiger partial charge on any atom is -0.508 e. The van der Waals surface area contributed by atoms with E-state index in [1.165, 1.54) is 4.88 Å². The van der Waals surface area contributed by atoms with E-state index >= 15 is 0 Å². The second-order valence-corrected chi connectivity index (χ2v) is 5.89. The standard InChI is InChI=1S/C13H14BrNOS/c1-8-5-11(3-4-12(8)16)15-9(2)13-6-10(14)7-17-13/h3-7,9,15-16H,1-2H3. The van der Waals surface area contributed by atoms with E-state index in [0.29, 0.717) is 5.75 Å². The number of phenolic OH excluding ortho intramolecular Hbond substituents is 1. The van der Waals surface area contributed by atoms with Crippen LogP contribution in [0.2, 0.25) is 0 Å². The number of aromatic hydroxyl groups is 1. The number of nitrogens with one attached hydrogen (secondary N) is 1. The fourth-order valence-corrected chi connectivity index (χ4v) is 3.08. The molecule has 90 valence electrons. The number of phenols is 1. The van der Waals surface area contributed by atoms with Gasteiger partial charge in [-0.25, -0.2) is 0 Å². The fourth-order valence-electron chi connectivity index (χ4n) is 1.62. The molecule has 1 atom stereocenters. The van der Waals surface area contributed by atoms with E-state index in [9.17, 15) is 5.11 Å². The average Bonchev–Trinajstić information content (AvgIpc) is 2.70. The highest BCUT2D eigenvalue weighted by molar-refractivity contribution is 9.10. The number of hydrogen-bond acceptors (Lipinski definition) is 3. The van der Waals surface area contributed by atoms with E-state index < -0.39 is 0 Å². The topological polar surface area (TPSA) is 32.3 Å². The Kier molecular flexibility index (Phi) is 3.74. The van der Waals surface area contributed by atoms with Gasteiger partial charge in [0.1, 0.15) is 5.75 Å². The average molecular weight is 312 g/mol. The summed E-state index contributed by atoms with van der Waals surface area (Å²) in [4.78, 5) is 1.28. The molecule has 2 aromatic rings. The van der Waals surface area contributed by atoms with Crippen LogP contribution in [0.5, 0.6) is 5.75 Å². The Morgan fingerprint density at radius 1 is 1.35 bits per heavy atom. The summed E-state index contributed by atoms with van der Waals surface area (Å²) >= 11 is 5.18. The molecule has 0 saturated carbocycles. The van der Waals surface area contributed by atoms with Crippen molar-refractivity contribution in [3.8, 4) is 5.75 Å². The third kappa shape index (κ3) is 3.01. The molecule has 0 aliphatic rings. The molecule has 1 aromatic heterocycles. The minimum atomic E-state index is 0.259. The number of thiophene rings is 1. The van der Waals surface area contributed by atoms with Gasteiger partial charge in [0.15, 0.2) is 0 Å². The summed E-state index contributed by atoms with van der Waals surface area (Å²) in [5, 5.41) is 15.0. The SMILES string of the molecule is Cc1cc(NC(C)c2cc(Br)cs2)ccc1O. The Morgan fingerprint density at radius 2 is 2.12 bits per heavy atom. The number of aryl methyl sites for hydroxylation is 1. The second-order valence-electron chi connectivity index (χ2n) is 4.03. The molecule has 0 radical (unpaired) electrons. The first-order valence-electron chi connectivity index (χ1n) is 5.36. The third-order valence-electron chi connectivity index (χ3n) is 2.59. The minimum absolute atomic E-state index is 0.259. The zero-order chi connectivity index (χ0) is 12.4. The normalized spacial score (nSPS) is 12.4. The molecule has 0 spiro atoms. The summed E-state index contributed by atoms with van der Waals surface area (Å²) in [5.74, 6) is 0.335. The third-order valence-corrected chi connectivity index (χ3v) is 4.47. The molecule has 2 nitrogen and oxygen atoms in total. The lowest BCUT2D eigenvalue weighted by Gasteiger charge is -2.14. The van der Waals surface area contributed by atoms with Crippen molar-refractivity contribution in [1.82, 2.24) is 0 Å². The van der Waals surface area contributed by atoms with Crippen LogP contribution >= 0.6 is 27.3 Å². The first kappa shape index (κ1) is 12.5. The van der Waals surface area contributed by atoms with Crippen LogP contribution in [-0.2, 0) is 0 Å². The zero-order valence-corrected chi connectivity index (χ0v) is 12.1. The fraction of sp³-hybridized carbons (Fsp3) is 0.231. The smallest absolute Gasteiger partial charge is 0.118 e. The Labute approximate surface area is 113 Å². The van der Waals surface area contributed by atoms with Crippen LogP contribution in [0.3, 0.4) is 0 Å². The maximum atomic E-state index is 9.47. The number of benzene rings is 1. The number of rotatable bonds is 3. The number of halogens is 1. The van der Waals surface area contributed by atoms with Crippen LogP contribution in [0.1, 0.15) is 23.4 Å². The van der Waals surface area contributed by atoms with Gasteiger partial charge in [0.05, 0.1) is 6.04 Å². The lowest BCUT2D eigenvalue weighted by Crippen LogP contribution is -2.04. The molecular weight excluding hydrogens is 298 g/mol. The second kappa shape index (κ2) is 5.10. The molecular formula is C13H14BrNOS. The van der Waals surface area contributed by atoms with Gasteiger partial charge in [0.25, 0.3) is 0 Å². The maximum Gasteiger partial charge on any atom is 0.118 e. The van der Waals surface area contributed by atoms with Crippen molar-refractivity contribution >= 4 is 33.0 Å². The van der Waals surface area contributed by atoms with Gasteiger partial charge in [-0.1, -0.05) is 0 Å². The van der Waals surface area contributed by atoms with Gasteiger partial charge in [-0.2, -0.15) is 0 Å². The Balaban J connectivity index is 2.12. The van der Waals surface area contributed by atoms with Crippen molar-refractivity contribution in [2.75, 3.05) is 5.32 Å². The van der Waals surface area contributed by atoms with Crippen molar-refractivity contribution < 1.29 is 5.11 Å². The first-order chi connectivity index (χ1) is 8.06. The monoisotopic (exact) mass is 311 g/mol. The van der Waals surface area contributed by atoms with Gasteiger partial charge in [0, 0.05) is 20.4 Å². The molecule has 0 aliphatic carbocycles. The Bertz CT molecular complexity index is 524. The molecule has 1 aromatic carbocycles. The summed E-state index contributed by atoms with van der Waals surface area (Å²) < 4.78 is 1.12. The zero-order valence-electron chi connectivity index (χ0n) is 9.70. The molecule has 0 saturated heterocycles. The molecule has 0 aliphatic heterocycles. The number of anilines is 1. The highest BCUT2D eigenvalue weighted by Crippen LogP contribution is 2.29. The van der Waals surface area contributed by atoms with Crippen molar-refractivity contribution in [2.24, 2.45) is 0 Å². The lowest BCUT2D eigenvalue weighted by molar-refractivity contribution is 0.471. The van der Waals surface area contributed by atoms with Crippen molar-refractivity contribution in [1.29, 1.82) is 0 Å². The molecule has 4 heteroatoms. The summed E-state index contributed by atoms with van der Waals surface area (Å²) in [6.45, 7) is 4.02. The lowest BCUT2D eigenvalue weighted by atomic mass is 10.2. The highest BCUT2D eigenvalue weighted by atomic mass is 79.9. The Morgan fingerprint density at radius 3 is 2.71 bits per heavy atom. The van der Waals surface area contributed by atoms with E-state index in [1.807, 2.05) is 19.1 Å². The number of hydrogen-bond donors (Lipinski definition) is 2. The van der Waals surface area contributed by atoms with Gasteiger partial charge < -0.3 is 10.4 Å². The molecule has 0 fully saturated rings. The quantitative estimate of drug-likeness (QED) is 0.805. The van der Waals surface area contributed by atoms with E-state index in [0.717, 1.165) is 15.7 Å². The van der Waals surface area contributed by atoms with Gasteiger partial charge in [-0.15, -0.1) is 11.3 Å². The molecule has 0 bridgehead atoms. The summed E-state index contributed by atoms with van der Waals surface area (Å²) in [6, 6.07) is 7.94. The van der Waals surface area contributed by atoms with E-state index in [4.69, 9.17) is 0 Å². The largest absolute Gasteiger partial charge is 0.508 e. The summed E-state index contributed by atoms with van der Waals surface area (Å²) in [6.07, 6.45) is 0. The van der Waals surface area contributed by atoms with Crippen molar-refractivity contribution in [3.63, 3.8) is 0 Å². The van der Waals surface area contributed by atoms with Gasteiger partial charge in [-0.05, 0) is 59.6 Å². The summed E-state index contributed by atoms with van der Waals surface area (Å²) in [7, 11) is 0. The van der Waals surface area contributed by atoms with Crippen LogP contribution in [0.15, 0.2) is 34.1 Å². The van der Waals surface area contributed by atoms with Crippen molar-refractivity contribution in [3.05, 3.63) is 44.6 Å².